The molecule has 174 valence electrons. The number of pyridine rings is 1. The van der Waals surface area contributed by atoms with E-state index in [9.17, 15) is 4.79 Å². The minimum absolute atomic E-state index is 0.296. The van der Waals surface area contributed by atoms with Gasteiger partial charge in [0.05, 0.1) is 23.9 Å². The first kappa shape index (κ1) is 23.1. The number of carbonyl (C=O) groups is 1. The Kier molecular flexibility index (Phi) is 6.32. The predicted molar refractivity (Wildman–Crippen MR) is 129 cm³/mol. The number of nitrogens with two attached hydrogens (primary N) is 1. The Balaban J connectivity index is 1.83. The maximum absolute atomic E-state index is 11.9. The van der Waals surface area contributed by atoms with Crippen LogP contribution in [0.2, 0.25) is 0 Å². The molecule has 8 nitrogen and oxygen atoms in total. The monoisotopic (exact) mass is 448 g/mol. The van der Waals surface area contributed by atoms with E-state index in [-0.39, 0.29) is 11.3 Å². The van der Waals surface area contributed by atoms with Crippen molar-refractivity contribution >= 4 is 16.8 Å². The number of aromatic nitrogens is 3. The number of carbonyl (C=O) groups excluding carboxylic acids is 1. The van der Waals surface area contributed by atoms with Crippen LogP contribution in [-0.4, -0.2) is 53.1 Å². The zero-order chi connectivity index (χ0) is 23.6. The van der Waals surface area contributed by atoms with E-state index >= 15 is 0 Å². The number of hydrogen-bond acceptors (Lipinski definition) is 7. The molecule has 0 radical (unpaired) electrons. The van der Waals surface area contributed by atoms with E-state index in [1.165, 1.54) is 0 Å². The molecule has 2 aromatic heterocycles. The number of methoxy groups -OCH3 is 1. The fraction of sp³-hybridized carbons (Fsp3) is 0.440. The molecule has 8 heteroatoms. The molecule has 1 atom stereocenters. The summed E-state index contributed by atoms with van der Waals surface area (Å²) in [6.45, 7) is 8.00. The minimum atomic E-state index is -0.816. The number of aryl methyl sites for hydroxylation is 1. The van der Waals surface area contributed by atoms with Gasteiger partial charge in [-0.15, -0.1) is 0 Å². The fourth-order valence-corrected chi connectivity index (χ4v) is 4.49. The minimum Gasteiger partial charge on any atom is -0.481 e. The van der Waals surface area contributed by atoms with Crippen molar-refractivity contribution in [2.45, 2.75) is 44.6 Å². The molecule has 3 aromatic rings. The lowest BCUT2D eigenvalue weighted by Gasteiger charge is -2.40. The zero-order valence-electron chi connectivity index (χ0n) is 19.7. The van der Waals surface area contributed by atoms with Gasteiger partial charge in [-0.25, -0.2) is 15.0 Å². The topological polar surface area (TPSA) is 115 Å². The first-order valence-corrected chi connectivity index (χ1v) is 11.3. The summed E-state index contributed by atoms with van der Waals surface area (Å²) in [6.07, 6.45) is 5.43. The first-order valence-electron chi connectivity index (χ1n) is 11.3. The second-order valence-corrected chi connectivity index (χ2v) is 9.40. The van der Waals surface area contributed by atoms with Crippen LogP contribution in [0.3, 0.4) is 0 Å². The van der Waals surface area contributed by atoms with Gasteiger partial charge in [0, 0.05) is 41.7 Å². The average Bonchev–Trinajstić information content (AvgIpc) is 2.83. The highest BCUT2D eigenvalue weighted by molar-refractivity contribution is 5.89. The number of primary amides is 1. The highest BCUT2D eigenvalue weighted by Gasteiger charge is 2.39. The first-order chi connectivity index (χ1) is 15.8. The Bertz CT molecular complexity index is 1150. The summed E-state index contributed by atoms with van der Waals surface area (Å²) >= 11 is 0. The summed E-state index contributed by atoms with van der Waals surface area (Å²) in [4.78, 5) is 25.7. The van der Waals surface area contributed by atoms with Crippen LogP contribution in [0, 0.1) is 6.92 Å². The maximum atomic E-state index is 11.9. The molecule has 1 amide bonds. The van der Waals surface area contributed by atoms with E-state index in [0.717, 1.165) is 59.2 Å². The standard InChI is InChI=1S/C25H32N6O2/c1-16-10-18(17-6-7-20(33-4)28-12-17)11-19-21(16)29-15-30-22(19)25(8-5-9-27-13-25)14-31-24(2,3)23(26)32/h6-7,10-12,15,27,31H,5,8-9,13-14H2,1-4H3,(H2,26,32)/t25-/m0/s1. The van der Waals surface area contributed by atoms with Crippen LogP contribution < -0.4 is 21.1 Å². The van der Waals surface area contributed by atoms with Crippen molar-refractivity contribution in [2.75, 3.05) is 26.7 Å². The van der Waals surface area contributed by atoms with E-state index in [0.29, 0.717) is 12.4 Å². The zero-order valence-corrected chi connectivity index (χ0v) is 19.7. The third kappa shape index (κ3) is 4.54. The van der Waals surface area contributed by atoms with Gasteiger partial charge in [-0.05, 0) is 69.5 Å². The molecule has 1 aliphatic rings. The number of benzene rings is 1. The summed E-state index contributed by atoms with van der Waals surface area (Å²) in [6, 6.07) is 8.14. The lowest BCUT2D eigenvalue weighted by molar-refractivity contribution is -0.123. The molecule has 0 spiro atoms. The molecule has 4 rings (SSSR count). The predicted octanol–water partition coefficient (Wildman–Crippen LogP) is 2.48. The maximum Gasteiger partial charge on any atom is 0.237 e. The van der Waals surface area contributed by atoms with Crippen LogP contribution in [0.4, 0.5) is 0 Å². The van der Waals surface area contributed by atoms with E-state index in [2.05, 4.69) is 39.7 Å². The summed E-state index contributed by atoms with van der Waals surface area (Å²) in [5, 5.41) is 7.96. The van der Waals surface area contributed by atoms with Crippen molar-refractivity contribution in [1.82, 2.24) is 25.6 Å². The molecule has 3 heterocycles. The molecule has 0 unspecified atom stereocenters. The number of piperidine rings is 1. The van der Waals surface area contributed by atoms with E-state index in [1.807, 2.05) is 32.2 Å². The van der Waals surface area contributed by atoms with E-state index < -0.39 is 5.54 Å². The normalized spacial score (nSPS) is 18.9. The van der Waals surface area contributed by atoms with E-state index in [1.54, 1.807) is 13.4 Å². The summed E-state index contributed by atoms with van der Waals surface area (Å²) in [7, 11) is 1.61. The van der Waals surface area contributed by atoms with Crippen molar-refractivity contribution in [3.8, 4) is 17.0 Å². The number of ether oxygens (including phenoxy) is 1. The van der Waals surface area contributed by atoms with Crippen LogP contribution in [0.25, 0.3) is 22.0 Å². The van der Waals surface area contributed by atoms with Gasteiger partial charge in [-0.3, -0.25) is 4.79 Å². The summed E-state index contributed by atoms with van der Waals surface area (Å²) < 4.78 is 5.20. The van der Waals surface area contributed by atoms with Gasteiger partial charge in [0.25, 0.3) is 0 Å². The van der Waals surface area contributed by atoms with Gasteiger partial charge in [-0.1, -0.05) is 0 Å². The second-order valence-electron chi connectivity index (χ2n) is 9.40. The molecule has 1 saturated heterocycles. The molecule has 0 bridgehead atoms. The molecule has 1 fully saturated rings. The smallest absolute Gasteiger partial charge is 0.237 e. The van der Waals surface area contributed by atoms with Crippen LogP contribution in [0.15, 0.2) is 36.8 Å². The molecule has 1 aliphatic heterocycles. The average molecular weight is 449 g/mol. The second kappa shape index (κ2) is 9.03. The number of hydrogen-bond donors (Lipinski definition) is 3. The Hall–Kier alpha value is -3.10. The fourth-order valence-electron chi connectivity index (χ4n) is 4.49. The largest absolute Gasteiger partial charge is 0.481 e. The van der Waals surface area contributed by atoms with Gasteiger partial charge in [0.1, 0.15) is 6.33 Å². The van der Waals surface area contributed by atoms with Crippen molar-refractivity contribution in [2.24, 2.45) is 5.73 Å². The highest BCUT2D eigenvalue weighted by Crippen LogP contribution is 2.36. The highest BCUT2D eigenvalue weighted by atomic mass is 16.5. The molecular formula is C25H32N6O2. The Morgan fingerprint density at radius 3 is 2.70 bits per heavy atom. The molecule has 4 N–H and O–H groups in total. The van der Waals surface area contributed by atoms with Gasteiger partial charge in [0.2, 0.25) is 11.8 Å². The Morgan fingerprint density at radius 1 is 1.24 bits per heavy atom. The Morgan fingerprint density at radius 2 is 2.06 bits per heavy atom. The third-order valence-corrected chi connectivity index (χ3v) is 6.67. The lowest BCUT2D eigenvalue weighted by atomic mass is 9.75. The number of amides is 1. The number of fused-ring (bicyclic) bond motifs is 1. The van der Waals surface area contributed by atoms with Crippen LogP contribution in [0.5, 0.6) is 5.88 Å². The summed E-state index contributed by atoms with van der Waals surface area (Å²) in [5.41, 5.74) is 9.56. The van der Waals surface area contributed by atoms with Crippen LogP contribution in [0.1, 0.15) is 37.9 Å². The molecule has 33 heavy (non-hydrogen) atoms. The van der Waals surface area contributed by atoms with Gasteiger partial charge < -0.3 is 21.1 Å². The quantitative estimate of drug-likeness (QED) is 0.509. The van der Waals surface area contributed by atoms with Crippen molar-refractivity contribution in [3.63, 3.8) is 0 Å². The molecule has 0 aliphatic carbocycles. The van der Waals surface area contributed by atoms with Gasteiger partial charge in [-0.2, -0.15) is 0 Å². The van der Waals surface area contributed by atoms with Crippen LogP contribution >= 0.6 is 0 Å². The number of nitrogens with zero attached hydrogens (tertiary/aromatic N) is 3. The van der Waals surface area contributed by atoms with Gasteiger partial charge in [0.15, 0.2) is 0 Å². The number of rotatable bonds is 7. The van der Waals surface area contributed by atoms with Crippen molar-refractivity contribution < 1.29 is 9.53 Å². The number of nitrogens with one attached hydrogen (secondary N) is 2. The molecule has 0 saturated carbocycles. The van der Waals surface area contributed by atoms with Gasteiger partial charge >= 0.3 is 0 Å². The Labute approximate surface area is 194 Å². The van der Waals surface area contributed by atoms with Crippen molar-refractivity contribution in [3.05, 3.63) is 48.0 Å². The summed E-state index contributed by atoms with van der Waals surface area (Å²) in [5.74, 6) is 0.203. The third-order valence-electron chi connectivity index (χ3n) is 6.67. The van der Waals surface area contributed by atoms with Crippen molar-refractivity contribution in [1.29, 1.82) is 0 Å². The molecular weight excluding hydrogens is 416 g/mol. The van der Waals surface area contributed by atoms with E-state index in [4.69, 9.17) is 15.5 Å². The van der Waals surface area contributed by atoms with Crippen LogP contribution in [-0.2, 0) is 10.2 Å². The lowest BCUT2D eigenvalue weighted by Crippen LogP contribution is -2.58. The molecule has 1 aromatic carbocycles. The SMILES string of the molecule is COc1ccc(-c2cc(C)c3ncnc([C@@]4(CNC(C)(C)C(N)=O)CCCNC4)c3c2)cn1.